The minimum atomic E-state index is -0.971. The fraction of sp³-hybridized carbons (Fsp3) is 0.600. The van der Waals surface area contributed by atoms with Gasteiger partial charge in [-0.25, -0.2) is 4.79 Å². The molecule has 0 bridgehead atoms. The molecule has 78 valence electrons. The highest BCUT2D eigenvalue weighted by Crippen LogP contribution is 2.28. The summed E-state index contributed by atoms with van der Waals surface area (Å²) in [7, 11) is 0. The van der Waals surface area contributed by atoms with Crippen LogP contribution in [0.25, 0.3) is 0 Å². The van der Waals surface area contributed by atoms with Crippen molar-refractivity contribution in [2.75, 3.05) is 0 Å². The van der Waals surface area contributed by atoms with Gasteiger partial charge in [0.1, 0.15) is 6.04 Å². The highest BCUT2D eigenvalue weighted by Gasteiger charge is 2.32. The number of carbonyl (C=O) groups is 2. The highest BCUT2D eigenvalue weighted by molar-refractivity contribution is 5.86. The zero-order chi connectivity index (χ0) is 10.6. The number of hydrogen-bond donors (Lipinski definition) is 2. The van der Waals surface area contributed by atoms with Crippen LogP contribution in [0.3, 0.4) is 0 Å². The summed E-state index contributed by atoms with van der Waals surface area (Å²) in [4.78, 5) is 22.0. The Bertz CT molecular complexity index is 246. The molecule has 4 nitrogen and oxygen atoms in total. The number of rotatable bonds is 6. The molecule has 0 aliphatic heterocycles. The third-order valence-electron chi connectivity index (χ3n) is 2.22. The molecular formula is C10H15NO3. The van der Waals surface area contributed by atoms with Gasteiger partial charge in [0.05, 0.1) is 0 Å². The molecule has 14 heavy (non-hydrogen) atoms. The normalized spacial score (nSPS) is 17.1. The molecule has 0 aromatic carbocycles. The number of nitrogens with one attached hydrogen (secondary N) is 1. The minimum absolute atomic E-state index is 0.0561. The van der Waals surface area contributed by atoms with E-state index in [-0.39, 0.29) is 11.8 Å². The Hall–Kier alpha value is -1.32. The van der Waals surface area contributed by atoms with E-state index in [2.05, 4.69) is 11.9 Å². The second-order valence-electron chi connectivity index (χ2n) is 3.54. The van der Waals surface area contributed by atoms with Crippen molar-refractivity contribution in [1.82, 2.24) is 5.32 Å². The van der Waals surface area contributed by atoms with Crippen molar-refractivity contribution in [2.24, 2.45) is 5.92 Å². The molecule has 1 rings (SSSR count). The van der Waals surface area contributed by atoms with E-state index >= 15 is 0 Å². The smallest absolute Gasteiger partial charge is 0.326 e. The molecule has 0 saturated heterocycles. The van der Waals surface area contributed by atoms with Gasteiger partial charge in [-0.2, -0.15) is 0 Å². The molecule has 0 spiro atoms. The topological polar surface area (TPSA) is 66.4 Å². The standard InChI is InChI=1S/C10H15NO3/c1-2-3-4-8(10(13)14)11-9(12)7-5-6-7/h2,7-8H,1,3-6H2,(H,11,12)(H,13,14)/t8-/m0/s1. The first kappa shape index (κ1) is 10.8. The van der Waals surface area contributed by atoms with Gasteiger partial charge in [0, 0.05) is 5.92 Å². The predicted octanol–water partition coefficient (Wildman–Crippen LogP) is 0.932. The first-order chi connectivity index (χ1) is 6.65. The second kappa shape index (κ2) is 4.79. The quantitative estimate of drug-likeness (QED) is 0.622. The number of carboxylic acid groups (broad SMARTS) is 1. The Labute approximate surface area is 83.0 Å². The number of carboxylic acids is 1. The van der Waals surface area contributed by atoms with Crippen LogP contribution in [0, 0.1) is 5.92 Å². The highest BCUT2D eigenvalue weighted by atomic mass is 16.4. The molecule has 1 atom stereocenters. The molecule has 0 unspecified atom stereocenters. The molecule has 1 aliphatic carbocycles. The zero-order valence-electron chi connectivity index (χ0n) is 8.03. The fourth-order valence-corrected chi connectivity index (χ4v) is 1.18. The predicted molar refractivity (Wildman–Crippen MR) is 51.7 cm³/mol. The Kier molecular flexibility index (Phi) is 3.68. The molecule has 0 radical (unpaired) electrons. The molecule has 1 fully saturated rings. The molecular weight excluding hydrogens is 182 g/mol. The minimum Gasteiger partial charge on any atom is -0.480 e. The van der Waals surface area contributed by atoms with E-state index in [1.54, 1.807) is 6.08 Å². The summed E-state index contributed by atoms with van der Waals surface area (Å²) < 4.78 is 0. The van der Waals surface area contributed by atoms with Crippen molar-refractivity contribution in [3.63, 3.8) is 0 Å². The number of carbonyl (C=O) groups excluding carboxylic acids is 1. The summed E-state index contributed by atoms with van der Waals surface area (Å²) >= 11 is 0. The lowest BCUT2D eigenvalue weighted by Crippen LogP contribution is -2.41. The van der Waals surface area contributed by atoms with E-state index in [4.69, 9.17) is 5.11 Å². The summed E-state index contributed by atoms with van der Waals surface area (Å²) in [6.45, 7) is 3.51. The Morgan fingerprint density at radius 3 is 2.64 bits per heavy atom. The van der Waals surface area contributed by atoms with Crippen LogP contribution in [-0.4, -0.2) is 23.0 Å². The van der Waals surface area contributed by atoms with Crippen molar-refractivity contribution >= 4 is 11.9 Å². The van der Waals surface area contributed by atoms with Crippen LogP contribution in [0.5, 0.6) is 0 Å². The molecule has 2 N–H and O–H groups in total. The van der Waals surface area contributed by atoms with Crippen molar-refractivity contribution < 1.29 is 14.7 Å². The van der Waals surface area contributed by atoms with E-state index in [9.17, 15) is 9.59 Å². The van der Waals surface area contributed by atoms with Gasteiger partial charge in [-0.05, 0) is 25.7 Å². The summed E-state index contributed by atoms with van der Waals surface area (Å²) in [5, 5.41) is 11.3. The van der Waals surface area contributed by atoms with Gasteiger partial charge < -0.3 is 10.4 Å². The first-order valence-electron chi connectivity index (χ1n) is 4.79. The van der Waals surface area contributed by atoms with Crippen molar-refractivity contribution in [3.05, 3.63) is 12.7 Å². The molecule has 0 heterocycles. The Morgan fingerprint density at radius 2 is 2.21 bits per heavy atom. The maximum absolute atomic E-state index is 11.3. The molecule has 1 amide bonds. The largest absolute Gasteiger partial charge is 0.480 e. The average molecular weight is 197 g/mol. The molecule has 0 aromatic heterocycles. The molecule has 4 heteroatoms. The molecule has 1 aliphatic rings. The second-order valence-corrected chi connectivity index (χ2v) is 3.54. The zero-order valence-corrected chi connectivity index (χ0v) is 8.03. The third-order valence-corrected chi connectivity index (χ3v) is 2.22. The monoisotopic (exact) mass is 197 g/mol. The number of amides is 1. The van der Waals surface area contributed by atoms with Crippen molar-refractivity contribution in [2.45, 2.75) is 31.7 Å². The summed E-state index contributed by atoms with van der Waals surface area (Å²) in [6, 6.07) is -0.763. The van der Waals surface area contributed by atoms with Gasteiger partial charge in [-0.1, -0.05) is 6.08 Å². The van der Waals surface area contributed by atoms with Crippen LogP contribution in [0.4, 0.5) is 0 Å². The van der Waals surface area contributed by atoms with Crippen LogP contribution < -0.4 is 5.32 Å². The van der Waals surface area contributed by atoms with E-state index in [0.29, 0.717) is 12.8 Å². The van der Waals surface area contributed by atoms with Gasteiger partial charge in [0.2, 0.25) is 5.91 Å². The third kappa shape index (κ3) is 3.20. The number of hydrogen-bond acceptors (Lipinski definition) is 2. The van der Waals surface area contributed by atoms with Gasteiger partial charge in [-0.15, -0.1) is 6.58 Å². The number of aliphatic carboxylic acids is 1. The van der Waals surface area contributed by atoms with E-state index < -0.39 is 12.0 Å². The van der Waals surface area contributed by atoms with Crippen LogP contribution in [0.15, 0.2) is 12.7 Å². The summed E-state index contributed by atoms with van der Waals surface area (Å²) in [5.74, 6) is -1.04. The van der Waals surface area contributed by atoms with Crippen molar-refractivity contribution in [3.8, 4) is 0 Å². The Morgan fingerprint density at radius 1 is 1.57 bits per heavy atom. The van der Waals surface area contributed by atoms with Gasteiger partial charge in [0.25, 0.3) is 0 Å². The average Bonchev–Trinajstić information content (AvgIpc) is 2.94. The lowest BCUT2D eigenvalue weighted by Gasteiger charge is -2.12. The van der Waals surface area contributed by atoms with E-state index in [1.165, 1.54) is 0 Å². The Balaban J connectivity index is 2.36. The lowest BCUT2D eigenvalue weighted by atomic mass is 10.1. The van der Waals surface area contributed by atoms with E-state index in [1.807, 2.05) is 0 Å². The van der Waals surface area contributed by atoms with Gasteiger partial charge in [-0.3, -0.25) is 4.79 Å². The fourth-order valence-electron chi connectivity index (χ4n) is 1.18. The maximum Gasteiger partial charge on any atom is 0.326 e. The summed E-state index contributed by atoms with van der Waals surface area (Å²) in [5.41, 5.74) is 0. The number of allylic oxidation sites excluding steroid dienone is 1. The maximum atomic E-state index is 11.3. The first-order valence-corrected chi connectivity index (χ1v) is 4.79. The van der Waals surface area contributed by atoms with Crippen LogP contribution in [0.2, 0.25) is 0 Å². The SMILES string of the molecule is C=CCC[C@H](NC(=O)C1CC1)C(=O)O. The van der Waals surface area contributed by atoms with Crippen LogP contribution in [0.1, 0.15) is 25.7 Å². The lowest BCUT2D eigenvalue weighted by molar-refractivity contribution is -0.142. The van der Waals surface area contributed by atoms with Crippen LogP contribution in [-0.2, 0) is 9.59 Å². The van der Waals surface area contributed by atoms with Gasteiger partial charge in [0.15, 0.2) is 0 Å². The molecule has 1 saturated carbocycles. The van der Waals surface area contributed by atoms with E-state index in [0.717, 1.165) is 12.8 Å². The van der Waals surface area contributed by atoms with Gasteiger partial charge >= 0.3 is 5.97 Å². The molecule has 0 aromatic rings. The summed E-state index contributed by atoms with van der Waals surface area (Å²) in [6.07, 6.45) is 4.44. The van der Waals surface area contributed by atoms with Crippen LogP contribution >= 0.6 is 0 Å². The van der Waals surface area contributed by atoms with Crippen molar-refractivity contribution in [1.29, 1.82) is 0 Å².